The van der Waals surface area contributed by atoms with E-state index in [1.807, 2.05) is 52.1 Å². The van der Waals surface area contributed by atoms with Gasteiger partial charge in [0.05, 0.1) is 20.7 Å². The van der Waals surface area contributed by atoms with Crippen LogP contribution in [0.2, 0.25) is 0 Å². The van der Waals surface area contributed by atoms with Gasteiger partial charge in [0.1, 0.15) is 0 Å². The predicted octanol–water partition coefficient (Wildman–Crippen LogP) is 6.50. The van der Waals surface area contributed by atoms with Crippen molar-refractivity contribution in [1.82, 2.24) is 9.88 Å². The number of halogens is 1. The van der Waals surface area contributed by atoms with Crippen LogP contribution in [0.15, 0.2) is 33.8 Å². The summed E-state index contributed by atoms with van der Waals surface area (Å²) in [7, 11) is -1.08. The van der Waals surface area contributed by atoms with Gasteiger partial charge < -0.3 is 10.0 Å². The minimum Gasteiger partial charge on any atom is -0.465 e. The molecule has 1 atom stereocenters. The quantitative estimate of drug-likeness (QED) is 0.479. The van der Waals surface area contributed by atoms with Gasteiger partial charge in [-0.25, -0.2) is 9.78 Å². The SMILES string of the molecule is CC(C)N(C(=O)O)C1CCC(c2ncc(-c3ccc(Br)cc3S(=O)C(C)C)s2)CC1. The Morgan fingerprint density at radius 3 is 2.47 bits per heavy atom. The van der Waals surface area contributed by atoms with Crippen LogP contribution in [0.4, 0.5) is 4.79 Å². The molecule has 2 aromatic rings. The lowest BCUT2D eigenvalue weighted by atomic mass is 9.85. The van der Waals surface area contributed by atoms with Gasteiger partial charge in [0, 0.05) is 44.4 Å². The fraction of sp³-hybridized carbons (Fsp3) is 0.545. The summed E-state index contributed by atoms with van der Waals surface area (Å²) in [6, 6.07) is 6.02. The van der Waals surface area contributed by atoms with Gasteiger partial charge >= 0.3 is 6.09 Å². The highest BCUT2D eigenvalue weighted by atomic mass is 79.9. The third kappa shape index (κ3) is 5.14. The zero-order valence-corrected chi connectivity index (χ0v) is 21.0. The van der Waals surface area contributed by atoms with Gasteiger partial charge in [0.25, 0.3) is 0 Å². The van der Waals surface area contributed by atoms with Crippen LogP contribution in [0, 0.1) is 0 Å². The third-order valence-corrected chi connectivity index (χ3v) is 8.91. The molecule has 30 heavy (non-hydrogen) atoms. The number of hydrogen-bond acceptors (Lipinski definition) is 4. The number of carboxylic acid groups (broad SMARTS) is 1. The monoisotopic (exact) mass is 512 g/mol. The van der Waals surface area contributed by atoms with Crippen LogP contribution in [-0.2, 0) is 10.8 Å². The molecule has 1 unspecified atom stereocenters. The van der Waals surface area contributed by atoms with E-state index in [-0.39, 0.29) is 17.3 Å². The maximum atomic E-state index is 12.8. The number of thiazole rings is 1. The molecule has 1 amide bonds. The highest BCUT2D eigenvalue weighted by Crippen LogP contribution is 2.40. The van der Waals surface area contributed by atoms with Crippen molar-refractivity contribution in [3.05, 3.63) is 33.9 Å². The van der Waals surface area contributed by atoms with Crippen LogP contribution in [0.25, 0.3) is 10.4 Å². The number of hydrogen-bond donors (Lipinski definition) is 1. The van der Waals surface area contributed by atoms with Crippen LogP contribution >= 0.6 is 27.3 Å². The van der Waals surface area contributed by atoms with Gasteiger partial charge in [-0.05, 0) is 51.7 Å². The standard InChI is InChI=1S/C22H29BrN2O3S2/c1-13(2)25(22(26)27)17-8-5-15(6-9-17)21-24-12-19(29-21)18-10-7-16(23)11-20(18)30(28)14(3)4/h7,10-15,17H,5-6,8-9H2,1-4H3,(H,26,27). The fourth-order valence-corrected chi connectivity index (χ4v) is 6.97. The molecule has 1 aliphatic carbocycles. The fourth-order valence-electron chi connectivity index (χ4n) is 4.12. The number of carbonyl (C=O) groups is 1. The van der Waals surface area contributed by atoms with Crippen molar-refractivity contribution in [2.75, 3.05) is 0 Å². The van der Waals surface area contributed by atoms with Gasteiger partial charge in [0.15, 0.2) is 0 Å². The van der Waals surface area contributed by atoms with Gasteiger partial charge in [-0.2, -0.15) is 0 Å². The molecule has 0 saturated heterocycles. The largest absolute Gasteiger partial charge is 0.465 e. The molecule has 1 aliphatic rings. The Morgan fingerprint density at radius 1 is 1.23 bits per heavy atom. The van der Waals surface area contributed by atoms with Crippen LogP contribution in [0.1, 0.15) is 64.3 Å². The molecule has 1 aromatic heterocycles. The Bertz CT molecular complexity index is 921. The molecular formula is C22H29BrN2O3S2. The normalized spacial score (nSPS) is 20.5. The summed E-state index contributed by atoms with van der Waals surface area (Å²) in [5, 5.41) is 10.7. The molecule has 164 valence electrons. The molecule has 1 aromatic carbocycles. The highest BCUT2D eigenvalue weighted by Gasteiger charge is 2.32. The van der Waals surface area contributed by atoms with E-state index in [1.165, 1.54) is 0 Å². The minimum absolute atomic E-state index is 0.00633. The number of nitrogens with zero attached hydrogens (tertiary/aromatic N) is 2. The van der Waals surface area contributed by atoms with Crippen molar-refractivity contribution in [1.29, 1.82) is 0 Å². The molecule has 0 radical (unpaired) electrons. The van der Waals surface area contributed by atoms with Crippen molar-refractivity contribution in [2.45, 2.75) is 81.5 Å². The number of benzene rings is 1. The van der Waals surface area contributed by atoms with Gasteiger partial charge in [-0.3, -0.25) is 4.21 Å². The van der Waals surface area contributed by atoms with E-state index in [4.69, 9.17) is 4.98 Å². The van der Waals surface area contributed by atoms with E-state index in [0.717, 1.165) is 50.5 Å². The van der Waals surface area contributed by atoms with Gasteiger partial charge in [-0.1, -0.05) is 35.8 Å². The predicted molar refractivity (Wildman–Crippen MR) is 127 cm³/mol. The molecule has 1 N–H and O–H groups in total. The van der Waals surface area contributed by atoms with E-state index < -0.39 is 16.9 Å². The molecule has 5 nitrogen and oxygen atoms in total. The maximum absolute atomic E-state index is 12.8. The lowest BCUT2D eigenvalue weighted by Crippen LogP contribution is -2.45. The molecule has 8 heteroatoms. The first-order chi connectivity index (χ1) is 14.2. The Hall–Kier alpha value is -1.25. The summed E-state index contributed by atoms with van der Waals surface area (Å²) < 4.78 is 13.8. The van der Waals surface area contributed by atoms with Crippen molar-refractivity contribution in [3.63, 3.8) is 0 Å². The van der Waals surface area contributed by atoms with Crippen LogP contribution in [0.3, 0.4) is 0 Å². The van der Waals surface area contributed by atoms with E-state index in [1.54, 1.807) is 16.2 Å². The first kappa shape index (κ1) is 23.4. The first-order valence-electron chi connectivity index (χ1n) is 10.4. The number of rotatable bonds is 6. The average Bonchev–Trinajstić information content (AvgIpc) is 3.17. The second-order valence-corrected chi connectivity index (χ2v) is 12.3. The molecule has 1 fully saturated rings. The second-order valence-electron chi connectivity index (χ2n) is 8.34. The summed E-state index contributed by atoms with van der Waals surface area (Å²) in [6.45, 7) is 7.80. The zero-order valence-electron chi connectivity index (χ0n) is 17.8. The first-order valence-corrected chi connectivity index (χ1v) is 13.2. The lowest BCUT2D eigenvalue weighted by Gasteiger charge is -2.37. The summed E-state index contributed by atoms with van der Waals surface area (Å²) >= 11 is 5.17. The smallest absolute Gasteiger partial charge is 0.407 e. The summed E-state index contributed by atoms with van der Waals surface area (Å²) in [4.78, 5) is 19.8. The van der Waals surface area contributed by atoms with Crippen LogP contribution in [0.5, 0.6) is 0 Å². The molecule has 0 spiro atoms. The van der Waals surface area contributed by atoms with Crippen LogP contribution in [-0.4, -0.2) is 42.6 Å². The second kappa shape index (κ2) is 9.92. The average molecular weight is 514 g/mol. The van der Waals surface area contributed by atoms with Crippen LogP contribution < -0.4 is 0 Å². The number of amides is 1. The van der Waals surface area contributed by atoms with Crippen molar-refractivity contribution in [2.24, 2.45) is 0 Å². The van der Waals surface area contributed by atoms with E-state index >= 15 is 0 Å². The van der Waals surface area contributed by atoms with Gasteiger partial charge in [-0.15, -0.1) is 11.3 Å². The molecule has 1 saturated carbocycles. The molecule has 0 bridgehead atoms. The van der Waals surface area contributed by atoms with E-state index in [2.05, 4.69) is 15.9 Å². The van der Waals surface area contributed by atoms with Crippen molar-refractivity contribution >= 4 is 44.2 Å². The third-order valence-electron chi connectivity index (χ3n) is 5.59. The Morgan fingerprint density at radius 2 is 1.90 bits per heavy atom. The highest BCUT2D eigenvalue weighted by molar-refractivity contribution is 9.10. The molecule has 0 aliphatic heterocycles. The summed E-state index contributed by atoms with van der Waals surface area (Å²) in [5.74, 6) is 0.359. The Kier molecular flexibility index (Phi) is 7.74. The minimum atomic E-state index is -1.08. The molecule has 3 rings (SSSR count). The molecule has 1 heterocycles. The topological polar surface area (TPSA) is 70.5 Å². The van der Waals surface area contributed by atoms with E-state index in [9.17, 15) is 14.1 Å². The van der Waals surface area contributed by atoms with Crippen molar-refractivity contribution < 1.29 is 14.1 Å². The zero-order chi connectivity index (χ0) is 22.0. The maximum Gasteiger partial charge on any atom is 0.407 e. The summed E-state index contributed by atoms with van der Waals surface area (Å²) in [5.41, 5.74) is 0.986. The number of aromatic nitrogens is 1. The van der Waals surface area contributed by atoms with Crippen molar-refractivity contribution in [3.8, 4) is 10.4 Å². The van der Waals surface area contributed by atoms with E-state index in [0.29, 0.717) is 5.92 Å². The Balaban J connectivity index is 1.77. The lowest BCUT2D eigenvalue weighted by molar-refractivity contribution is 0.0906. The van der Waals surface area contributed by atoms with Gasteiger partial charge in [0.2, 0.25) is 0 Å². The molecular weight excluding hydrogens is 484 g/mol. The summed E-state index contributed by atoms with van der Waals surface area (Å²) in [6.07, 6.45) is 4.69. The Labute approximate surface area is 193 Å².